The SMILES string of the molecule is OCC(c1ccc(C(F)(F)C(F)(F)F)cc1)C(F)(F)F. The van der Waals surface area contributed by atoms with Crippen LogP contribution in [0.2, 0.25) is 0 Å². The molecule has 0 saturated carbocycles. The second-order valence-corrected chi connectivity index (χ2v) is 3.97. The molecule has 1 N–H and O–H groups in total. The molecule has 1 nitrogen and oxygen atoms in total. The molecule has 1 aromatic rings. The predicted octanol–water partition coefficient (Wildman–Crippen LogP) is 3.98. The third-order valence-corrected chi connectivity index (χ3v) is 2.61. The lowest BCUT2D eigenvalue weighted by atomic mass is 9.96. The van der Waals surface area contributed by atoms with E-state index in [1.807, 2.05) is 0 Å². The largest absolute Gasteiger partial charge is 0.458 e. The molecule has 1 atom stereocenters. The lowest BCUT2D eigenvalue weighted by Gasteiger charge is -2.22. The van der Waals surface area contributed by atoms with E-state index in [-0.39, 0.29) is 12.1 Å². The van der Waals surface area contributed by atoms with Crippen LogP contribution in [0.15, 0.2) is 24.3 Å². The summed E-state index contributed by atoms with van der Waals surface area (Å²) in [7, 11) is 0. The Balaban J connectivity index is 3.12. The number of hydrogen-bond acceptors (Lipinski definition) is 1. The minimum atomic E-state index is -5.84. The first-order valence-corrected chi connectivity index (χ1v) is 5.14. The lowest BCUT2D eigenvalue weighted by molar-refractivity contribution is -0.289. The molecule has 9 heteroatoms. The highest BCUT2D eigenvalue weighted by molar-refractivity contribution is 5.29. The summed E-state index contributed by atoms with van der Waals surface area (Å²) in [5.41, 5.74) is -2.06. The quantitative estimate of drug-likeness (QED) is 0.838. The summed E-state index contributed by atoms with van der Waals surface area (Å²) in [5.74, 6) is -7.49. The van der Waals surface area contributed by atoms with Gasteiger partial charge in [0.1, 0.15) is 5.92 Å². The summed E-state index contributed by atoms with van der Waals surface area (Å²) in [5, 5.41) is 8.63. The second-order valence-electron chi connectivity index (χ2n) is 3.97. The van der Waals surface area contributed by atoms with E-state index in [0.29, 0.717) is 12.1 Å². The van der Waals surface area contributed by atoms with E-state index in [1.165, 1.54) is 0 Å². The Bertz CT molecular complexity index is 445. The summed E-state index contributed by atoms with van der Waals surface area (Å²) in [6, 6.07) is 1.50. The van der Waals surface area contributed by atoms with E-state index in [9.17, 15) is 35.1 Å². The molecule has 0 saturated heterocycles. The van der Waals surface area contributed by atoms with Gasteiger partial charge in [-0.1, -0.05) is 24.3 Å². The molecule has 1 aromatic carbocycles. The van der Waals surface area contributed by atoms with Crippen LogP contribution in [0, 0.1) is 0 Å². The first kappa shape index (κ1) is 16.7. The van der Waals surface area contributed by atoms with Gasteiger partial charge in [0.05, 0.1) is 6.61 Å². The van der Waals surface area contributed by atoms with Gasteiger partial charge < -0.3 is 5.11 Å². The highest BCUT2D eigenvalue weighted by Crippen LogP contribution is 2.44. The Labute approximate surface area is 107 Å². The van der Waals surface area contributed by atoms with Crippen molar-refractivity contribution in [2.75, 3.05) is 6.61 Å². The number of aliphatic hydroxyl groups excluding tert-OH is 1. The first-order chi connectivity index (χ1) is 8.91. The van der Waals surface area contributed by atoms with Gasteiger partial charge in [0, 0.05) is 5.56 Å². The third-order valence-electron chi connectivity index (χ3n) is 2.61. The number of aliphatic hydroxyl groups is 1. The van der Waals surface area contributed by atoms with Crippen molar-refractivity contribution in [1.82, 2.24) is 0 Å². The maximum Gasteiger partial charge on any atom is 0.458 e. The normalized spacial score (nSPS) is 15.2. The molecular formula is C11H8F8O. The van der Waals surface area contributed by atoms with Gasteiger partial charge in [-0.2, -0.15) is 35.1 Å². The Morgan fingerprint density at radius 1 is 0.850 bits per heavy atom. The summed E-state index contributed by atoms with van der Waals surface area (Å²) in [6.45, 7) is -1.33. The number of alkyl halides is 8. The van der Waals surface area contributed by atoms with E-state index in [1.54, 1.807) is 0 Å². The Morgan fingerprint density at radius 3 is 1.60 bits per heavy atom. The maximum absolute atomic E-state index is 12.9. The molecule has 0 aliphatic heterocycles. The zero-order valence-corrected chi connectivity index (χ0v) is 9.56. The van der Waals surface area contributed by atoms with Gasteiger partial charge in [-0.3, -0.25) is 0 Å². The fraction of sp³-hybridized carbons (Fsp3) is 0.455. The van der Waals surface area contributed by atoms with Crippen LogP contribution >= 0.6 is 0 Å². The number of halogens is 8. The Kier molecular flexibility index (Phi) is 4.33. The molecule has 0 spiro atoms. The van der Waals surface area contributed by atoms with Gasteiger partial charge in [-0.15, -0.1) is 0 Å². The standard InChI is InChI=1S/C11H8F8O/c12-9(13,11(17,18)19)7-3-1-6(2-4-7)8(5-20)10(14,15)16/h1-4,8,20H,5H2. The summed E-state index contributed by atoms with van der Waals surface area (Å²) in [6.07, 6.45) is -10.7. The molecule has 1 rings (SSSR count). The van der Waals surface area contributed by atoms with Crippen LogP contribution in [0.25, 0.3) is 0 Å². The van der Waals surface area contributed by atoms with Gasteiger partial charge in [0.25, 0.3) is 0 Å². The average Bonchev–Trinajstić information content (AvgIpc) is 2.27. The average molecular weight is 308 g/mol. The fourth-order valence-electron chi connectivity index (χ4n) is 1.49. The van der Waals surface area contributed by atoms with Crippen molar-refractivity contribution in [3.8, 4) is 0 Å². The molecule has 0 amide bonds. The summed E-state index contributed by atoms with van der Waals surface area (Å²) in [4.78, 5) is 0. The minimum Gasteiger partial charge on any atom is -0.395 e. The topological polar surface area (TPSA) is 20.2 Å². The van der Waals surface area contributed by atoms with Gasteiger partial charge >= 0.3 is 18.3 Å². The van der Waals surface area contributed by atoms with E-state index in [2.05, 4.69) is 0 Å². The van der Waals surface area contributed by atoms with Crippen LogP contribution in [0.5, 0.6) is 0 Å². The van der Waals surface area contributed by atoms with Gasteiger partial charge in [-0.25, -0.2) is 0 Å². The van der Waals surface area contributed by atoms with Crippen LogP contribution in [0.4, 0.5) is 35.1 Å². The molecule has 20 heavy (non-hydrogen) atoms. The van der Waals surface area contributed by atoms with Crippen molar-refractivity contribution in [2.24, 2.45) is 0 Å². The zero-order valence-electron chi connectivity index (χ0n) is 9.56. The second kappa shape index (κ2) is 5.19. The number of rotatable bonds is 3. The lowest BCUT2D eigenvalue weighted by Crippen LogP contribution is -2.33. The number of benzene rings is 1. The third kappa shape index (κ3) is 3.20. The van der Waals surface area contributed by atoms with Crippen LogP contribution < -0.4 is 0 Å². The smallest absolute Gasteiger partial charge is 0.395 e. The molecule has 0 aliphatic carbocycles. The molecule has 0 aromatic heterocycles. The van der Waals surface area contributed by atoms with E-state index in [4.69, 9.17) is 5.11 Å². The van der Waals surface area contributed by atoms with Crippen LogP contribution in [0.1, 0.15) is 17.0 Å². The first-order valence-electron chi connectivity index (χ1n) is 5.14. The highest BCUT2D eigenvalue weighted by Gasteiger charge is 2.58. The van der Waals surface area contributed by atoms with Crippen molar-refractivity contribution in [1.29, 1.82) is 0 Å². The van der Waals surface area contributed by atoms with Gasteiger partial charge in [0.2, 0.25) is 0 Å². The molecular weight excluding hydrogens is 300 g/mol. The monoisotopic (exact) mass is 308 g/mol. The van der Waals surface area contributed by atoms with E-state index < -0.39 is 41.9 Å². The molecule has 0 aliphatic rings. The van der Waals surface area contributed by atoms with Crippen LogP contribution in [0.3, 0.4) is 0 Å². The van der Waals surface area contributed by atoms with Crippen molar-refractivity contribution < 1.29 is 40.2 Å². The van der Waals surface area contributed by atoms with Gasteiger partial charge in [-0.05, 0) is 5.56 Å². The van der Waals surface area contributed by atoms with Crippen molar-refractivity contribution in [3.05, 3.63) is 35.4 Å². The summed E-state index contributed by atoms with van der Waals surface area (Å²) >= 11 is 0. The Morgan fingerprint density at radius 2 is 1.30 bits per heavy atom. The van der Waals surface area contributed by atoms with E-state index >= 15 is 0 Å². The van der Waals surface area contributed by atoms with Gasteiger partial charge in [0.15, 0.2) is 0 Å². The molecule has 0 heterocycles. The molecule has 1 unspecified atom stereocenters. The molecule has 0 radical (unpaired) electrons. The van der Waals surface area contributed by atoms with E-state index in [0.717, 1.165) is 0 Å². The number of hydrogen-bond donors (Lipinski definition) is 1. The van der Waals surface area contributed by atoms with Crippen molar-refractivity contribution in [3.63, 3.8) is 0 Å². The van der Waals surface area contributed by atoms with Crippen molar-refractivity contribution >= 4 is 0 Å². The minimum absolute atomic E-state index is 0.261. The fourth-order valence-corrected chi connectivity index (χ4v) is 1.49. The zero-order chi connectivity index (χ0) is 15.8. The predicted molar refractivity (Wildman–Crippen MR) is 52.3 cm³/mol. The summed E-state index contributed by atoms with van der Waals surface area (Å²) < 4.78 is 99.3. The molecule has 0 fully saturated rings. The maximum atomic E-state index is 12.9. The van der Waals surface area contributed by atoms with Crippen molar-refractivity contribution in [2.45, 2.75) is 24.2 Å². The van der Waals surface area contributed by atoms with Crippen LogP contribution in [-0.2, 0) is 5.92 Å². The Hall–Kier alpha value is -1.38. The molecule has 0 bridgehead atoms. The highest BCUT2D eigenvalue weighted by atomic mass is 19.4. The molecule has 114 valence electrons. The van der Waals surface area contributed by atoms with Crippen LogP contribution in [-0.4, -0.2) is 24.1 Å².